The Bertz CT molecular complexity index is 767. The van der Waals surface area contributed by atoms with Gasteiger partial charge in [-0.1, -0.05) is 13.0 Å². The summed E-state index contributed by atoms with van der Waals surface area (Å²) in [5, 5.41) is 0. The van der Waals surface area contributed by atoms with Crippen molar-refractivity contribution in [3.8, 4) is 0 Å². The predicted octanol–water partition coefficient (Wildman–Crippen LogP) is 4.86. The monoisotopic (exact) mass is 400 g/mol. The topological polar surface area (TPSA) is 55.9 Å². The van der Waals surface area contributed by atoms with E-state index >= 15 is 0 Å². The van der Waals surface area contributed by atoms with Crippen LogP contribution < -0.4 is 0 Å². The van der Waals surface area contributed by atoms with Crippen molar-refractivity contribution in [2.75, 3.05) is 6.61 Å². The molecule has 1 heterocycles. The van der Waals surface area contributed by atoms with Crippen LogP contribution >= 0.6 is 0 Å². The molecule has 160 valence electrons. The van der Waals surface area contributed by atoms with E-state index in [4.69, 9.17) is 9.47 Å². The summed E-state index contributed by atoms with van der Waals surface area (Å²) in [5.74, 6) is 1.44. The van der Waals surface area contributed by atoms with Crippen LogP contribution in [-0.2, 0) is 19.1 Å². The summed E-state index contributed by atoms with van der Waals surface area (Å²) in [7, 11) is 0. The first kappa shape index (κ1) is 19.8. The quantitative estimate of drug-likeness (QED) is 0.294. The summed E-state index contributed by atoms with van der Waals surface area (Å²) >= 11 is 0. The highest BCUT2D eigenvalue weighted by Crippen LogP contribution is 2.74. The minimum absolute atomic E-state index is 0.151. The standard InChI is InChI=1S/C25H36O4/c1-5-16(2)21(27)29-20-9-10-22(3)18(23(20,4)14-26)8-11-24-12-17(6-7-19(22)24)25(13-24)15-28-25/h5,14,17-20H,6-13,15H2,1-4H3. The van der Waals surface area contributed by atoms with E-state index in [1.165, 1.54) is 32.1 Å². The van der Waals surface area contributed by atoms with Gasteiger partial charge < -0.3 is 14.3 Å². The zero-order valence-corrected chi connectivity index (χ0v) is 18.5. The molecule has 2 bridgehead atoms. The third-order valence-corrected chi connectivity index (χ3v) is 10.3. The molecule has 0 radical (unpaired) electrons. The van der Waals surface area contributed by atoms with E-state index in [1.807, 2.05) is 6.92 Å². The second-order valence-electron chi connectivity index (χ2n) is 11.4. The molecule has 2 spiro atoms. The molecule has 4 heteroatoms. The van der Waals surface area contributed by atoms with Gasteiger partial charge in [-0.05, 0) is 101 Å². The lowest BCUT2D eigenvalue weighted by Crippen LogP contribution is -2.61. The number of fused-ring (bicyclic) bond motifs is 4. The van der Waals surface area contributed by atoms with Crippen LogP contribution in [-0.4, -0.2) is 30.6 Å². The molecule has 0 amide bonds. The summed E-state index contributed by atoms with van der Waals surface area (Å²) in [5.41, 5.74) is 0.801. The average molecular weight is 401 g/mol. The van der Waals surface area contributed by atoms with Crippen molar-refractivity contribution in [2.45, 2.75) is 90.8 Å². The normalized spacial score (nSPS) is 53.2. The molecule has 0 aromatic rings. The van der Waals surface area contributed by atoms with E-state index in [0.717, 1.165) is 38.1 Å². The molecule has 4 nitrogen and oxygen atoms in total. The van der Waals surface area contributed by atoms with Gasteiger partial charge in [0.2, 0.25) is 0 Å². The van der Waals surface area contributed by atoms with Crippen molar-refractivity contribution in [3.05, 3.63) is 11.6 Å². The molecule has 8 unspecified atom stereocenters. The van der Waals surface area contributed by atoms with Crippen molar-refractivity contribution in [1.82, 2.24) is 0 Å². The van der Waals surface area contributed by atoms with Crippen LogP contribution in [0.2, 0.25) is 0 Å². The summed E-state index contributed by atoms with van der Waals surface area (Å²) in [6, 6.07) is 0. The number of hydrogen-bond acceptors (Lipinski definition) is 4. The highest BCUT2D eigenvalue weighted by molar-refractivity contribution is 5.88. The van der Waals surface area contributed by atoms with Crippen LogP contribution in [0, 0.1) is 34.0 Å². The Kier molecular flexibility index (Phi) is 4.22. The second-order valence-corrected chi connectivity index (χ2v) is 11.4. The molecule has 4 saturated carbocycles. The first-order valence-electron chi connectivity index (χ1n) is 11.7. The number of carbonyl (C=O) groups is 2. The Hall–Kier alpha value is -1.16. The molecule has 1 saturated heterocycles. The molecule has 5 fully saturated rings. The smallest absolute Gasteiger partial charge is 0.333 e. The maximum absolute atomic E-state index is 12.5. The summed E-state index contributed by atoms with van der Waals surface area (Å²) in [6.07, 6.45) is 11.9. The van der Waals surface area contributed by atoms with Gasteiger partial charge in [-0.3, -0.25) is 0 Å². The maximum atomic E-state index is 12.5. The number of esters is 1. The van der Waals surface area contributed by atoms with Gasteiger partial charge in [-0.15, -0.1) is 0 Å². The van der Waals surface area contributed by atoms with E-state index in [-0.39, 0.29) is 29.0 Å². The lowest BCUT2D eigenvalue weighted by atomic mass is 9.40. The fraction of sp³-hybridized carbons (Fsp3) is 0.840. The van der Waals surface area contributed by atoms with Crippen LogP contribution in [0.25, 0.3) is 0 Å². The Balaban J connectivity index is 1.45. The largest absolute Gasteiger partial charge is 0.458 e. The van der Waals surface area contributed by atoms with E-state index in [9.17, 15) is 9.59 Å². The third-order valence-electron chi connectivity index (χ3n) is 10.3. The Morgan fingerprint density at radius 3 is 2.52 bits per heavy atom. The van der Waals surface area contributed by atoms with Gasteiger partial charge >= 0.3 is 5.97 Å². The SMILES string of the molecule is CC=C(C)C(=O)OC1CCC2(C)C3CCC4CC3(CCC2C1(C)C=O)CC41CO1. The Labute approximate surface area is 174 Å². The number of allylic oxidation sites excluding steroid dienone is 1. The van der Waals surface area contributed by atoms with Crippen LogP contribution in [0.3, 0.4) is 0 Å². The molecule has 0 N–H and O–H groups in total. The molecular formula is C25H36O4. The number of hydrogen-bond donors (Lipinski definition) is 0. The number of aldehydes is 1. The van der Waals surface area contributed by atoms with Crippen molar-refractivity contribution in [1.29, 1.82) is 0 Å². The summed E-state index contributed by atoms with van der Waals surface area (Å²) in [4.78, 5) is 25.0. The minimum Gasteiger partial charge on any atom is -0.458 e. The van der Waals surface area contributed by atoms with Crippen molar-refractivity contribution >= 4 is 12.3 Å². The van der Waals surface area contributed by atoms with Gasteiger partial charge in [-0.2, -0.15) is 0 Å². The van der Waals surface area contributed by atoms with E-state index in [2.05, 4.69) is 13.8 Å². The average Bonchev–Trinajstić information content (AvgIpc) is 3.44. The van der Waals surface area contributed by atoms with E-state index in [1.54, 1.807) is 13.0 Å². The first-order valence-corrected chi connectivity index (χ1v) is 11.7. The minimum atomic E-state index is -0.596. The van der Waals surface area contributed by atoms with Crippen molar-refractivity contribution in [3.63, 3.8) is 0 Å². The molecule has 0 aromatic heterocycles. The molecule has 5 aliphatic rings. The van der Waals surface area contributed by atoms with Crippen LogP contribution in [0.5, 0.6) is 0 Å². The van der Waals surface area contributed by atoms with Gasteiger partial charge in [0, 0.05) is 5.57 Å². The molecule has 5 rings (SSSR count). The molecule has 8 atom stereocenters. The Morgan fingerprint density at radius 2 is 1.86 bits per heavy atom. The number of rotatable bonds is 3. The number of ether oxygens (including phenoxy) is 2. The van der Waals surface area contributed by atoms with Gasteiger partial charge in [0.25, 0.3) is 0 Å². The molecule has 29 heavy (non-hydrogen) atoms. The van der Waals surface area contributed by atoms with Gasteiger partial charge in [-0.25, -0.2) is 4.79 Å². The van der Waals surface area contributed by atoms with Crippen LogP contribution in [0.1, 0.15) is 79.1 Å². The predicted molar refractivity (Wildman–Crippen MR) is 110 cm³/mol. The van der Waals surface area contributed by atoms with Crippen LogP contribution in [0.4, 0.5) is 0 Å². The molecule has 1 aliphatic heterocycles. The van der Waals surface area contributed by atoms with Crippen molar-refractivity contribution < 1.29 is 19.1 Å². The van der Waals surface area contributed by atoms with Crippen molar-refractivity contribution in [2.24, 2.45) is 34.0 Å². The maximum Gasteiger partial charge on any atom is 0.333 e. The van der Waals surface area contributed by atoms with Gasteiger partial charge in [0.15, 0.2) is 0 Å². The molecule has 4 aliphatic carbocycles. The van der Waals surface area contributed by atoms with E-state index in [0.29, 0.717) is 16.9 Å². The number of epoxide rings is 1. The lowest BCUT2D eigenvalue weighted by molar-refractivity contribution is -0.196. The zero-order chi connectivity index (χ0) is 20.7. The summed E-state index contributed by atoms with van der Waals surface area (Å²) < 4.78 is 11.9. The van der Waals surface area contributed by atoms with Crippen LogP contribution in [0.15, 0.2) is 11.6 Å². The summed E-state index contributed by atoms with van der Waals surface area (Å²) in [6.45, 7) is 9.13. The van der Waals surface area contributed by atoms with Gasteiger partial charge in [0.05, 0.1) is 17.6 Å². The molecule has 0 aromatic carbocycles. The molecular weight excluding hydrogens is 364 g/mol. The lowest BCUT2D eigenvalue weighted by Gasteiger charge is -2.64. The first-order chi connectivity index (χ1) is 13.7. The zero-order valence-electron chi connectivity index (χ0n) is 18.5. The fourth-order valence-electron chi connectivity index (χ4n) is 8.65. The highest BCUT2D eigenvalue weighted by Gasteiger charge is 2.72. The van der Waals surface area contributed by atoms with Gasteiger partial charge in [0.1, 0.15) is 12.4 Å². The number of carbonyl (C=O) groups excluding carboxylic acids is 2. The van der Waals surface area contributed by atoms with E-state index < -0.39 is 5.41 Å². The second kappa shape index (κ2) is 6.18. The Morgan fingerprint density at radius 1 is 1.10 bits per heavy atom. The highest BCUT2D eigenvalue weighted by atomic mass is 16.6. The third kappa shape index (κ3) is 2.53. The fourth-order valence-corrected chi connectivity index (χ4v) is 8.65.